The van der Waals surface area contributed by atoms with Gasteiger partial charge in [0.2, 0.25) is 0 Å². The lowest BCUT2D eigenvalue weighted by atomic mass is 10.1. The number of thiophene rings is 1. The van der Waals surface area contributed by atoms with Gasteiger partial charge in [-0.15, -0.1) is 35.3 Å². The molecule has 0 saturated carbocycles. The molecule has 1 saturated heterocycles. The summed E-state index contributed by atoms with van der Waals surface area (Å²) in [5.41, 5.74) is 2.37. The number of hydrogen-bond donors (Lipinski definition) is 2. The molecule has 0 bridgehead atoms. The molecule has 0 unspecified atom stereocenters. The quantitative estimate of drug-likeness (QED) is 0.370. The second-order valence-electron chi connectivity index (χ2n) is 6.59. The summed E-state index contributed by atoms with van der Waals surface area (Å²) in [6, 6.07) is 11.1. The third-order valence-electron chi connectivity index (χ3n) is 4.80. The Bertz CT molecular complexity index is 728. The monoisotopic (exact) mass is 500 g/mol. The average Bonchev–Trinajstić information content (AvgIpc) is 3.20. The first-order valence-electron chi connectivity index (χ1n) is 9.08. The molecular formula is C20H29IN4OS. The smallest absolute Gasteiger partial charge is 0.191 e. The Hall–Kier alpha value is -1.48. The Morgan fingerprint density at radius 1 is 1.30 bits per heavy atom. The summed E-state index contributed by atoms with van der Waals surface area (Å²) in [4.78, 5) is 6.85. The van der Waals surface area contributed by atoms with Crippen molar-refractivity contribution in [3.8, 4) is 5.75 Å². The lowest BCUT2D eigenvalue weighted by Crippen LogP contribution is -2.48. The first-order chi connectivity index (χ1) is 12.7. The van der Waals surface area contributed by atoms with Gasteiger partial charge in [-0.25, -0.2) is 0 Å². The minimum atomic E-state index is 0. The van der Waals surface area contributed by atoms with E-state index in [-0.39, 0.29) is 24.0 Å². The van der Waals surface area contributed by atoms with Crippen molar-refractivity contribution < 1.29 is 4.74 Å². The summed E-state index contributed by atoms with van der Waals surface area (Å²) >= 11 is 1.82. The van der Waals surface area contributed by atoms with Crippen molar-refractivity contribution in [3.05, 3.63) is 46.8 Å². The van der Waals surface area contributed by atoms with Crippen LogP contribution in [0.4, 0.5) is 5.00 Å². The van der Waals surface area contributed by atoms with E-state index in [9.17, 15) is 0 Å². The fourth-order valence-electron chi connectivity index (χ4n) is 3.32. The standard InChI is InChI=1S/C20H28N4OS.HI/c1-15-13-16(6-7-18(15)25-3)14-22-20(21-2)23-17-8-10-24(11-9-17)19-5-4-12-26-19;/h4-7,12-13,17H,8-11,14H2,1-3H3,(H2,21,22,23);1H. The van der Waals surface area contributed by atoms with Gasteiger partial charge in [0.05, 0.1) is 12.1 Å². The molecule has 0 aliphatic carbocycles. The number of methoxy groups -OCH3 is 1. The van der Waals surface area contributed by atoms with E-state index in [0.29, 0.717) is 6.04 Å². The maximum absolute atomic E-state index is 5.32. The van der Waals surface area contributed by atoms with Crippen LogP contribution >= 0.6 is 35.3 Å². The Morgan fingerprint density at radius 3 is 2.67 bits per heavy atom. The van der Waals surface area contributed by atoms with E-state index < -0.39 is 0 Å². The van der Waals surface area contributed by atoms with E-state index >= 15 is 0 Å². The average molecular weight is 500 g/mol. The van der Waals surface area contributed by atoms with Crippen LogP contribution < -0.4 is 20.3 Å². The number of nitrogens with one attached hydrogen (secondary N) is 2. The van der Waals surface area contributed by atoms with Gasteiger partial charge in [-0.3, -0.25) is 4.99 Å². The first kappa shape index (κ1) is 21.8. The number of nitrogens with zero attached hydrogens (tertiary/aromatic N) is 2. The van der Waals surface area contributed by atoms with Gasteiger partial charge < -0.3 is 20.3 Å². The number of piperidine rings is 1. The fraction of sp³-hybridized carbons (Fsp3) is 0.450. The van der Waals surface area contributed by atoms with Crippen molar-refractivity contribution >= 4 is 46.3 Å². The lowest BCUT2D eigenvalue weighted by molar-refractivity contribution is 0.411. The molecule has 3 rings (SSSR count). The summed E-state index contributed by atoms with van der Waals surface area (Å²) in [5.74, 6) is 1.79. The van der Waals surface area contributed by atoms with Crippen LogP contribution in [0.1, 0.15) is 24.0 Å². The molecule has 1 aromatic heterocycles. The zero-order chi connectivity index (χ0) is 18.4. The molecular weight excluding hydrogens is 471 g/mol. The minimum Gasteiger partial charge on any atom is -0.496 e. The van der Waals surface area contributed by atoms with E-state index in [4.69, 9.17) is 4.74 Å². The predicted octanol–water partition coefficient (Wildman–Crippen LogP) is 4.02. The molecule has 0 radical (unpaired) electrons. The number of aliphatic imine (C=N–C) groups is 1. The van der Waals surface area contributed by atoms with Gasteiger partial charge >= 0.3 is 0 Å². The van der Waals surface area contributed by atoms with Crippen molar-refractivity contribution in [3.63, 3.8) is 0 Å². The predicted molar refractivity (Wildman–Crippen MR) is 126 cm³/mol. The van der Waals surface area contributed by atoms with Crippen molar-refractivity contribution in [2.75, 3.05) is 32.1 Å². The second kappa shape index (κ2) is 10.8. The van der Waals surface area contributed by atoms with Gasteiger partial charge in [0.25, 0.3) is 0 Å². The van der Waals surface area contributed by atoms with Gasteiger partial charge in [0, 0.05) is 32.7 Å². The van der Waals surface area contributed by atoms with Gasteiger partial charge in [0.15, 0.2) is 5.96 Å². The molecule has 5 nitrogen and oxygen atoms in total. The van der Waals surface area contributed by atoms with Crippen LogP contribution in [-0.4, -0.2) is 39.2 Å². The van der Waals surface area contributed by atoms with Gasteiger partial charge in [-0.2, -0.15) is 0 Å². The zero-order valence-corrected chi connectivity index (χ0v) is 19.3. The molecule has 0 spiro atoms. The molecule has 0 amide bonds. The summed E-state index contributed by atoms with van der Waals surface area (Å²) in [7, 11) is 3.53. The third-order valence-corrected chi connectivity index (χ3v) is 5.73. The highest BCUT2D eigenvalue weighted by molar-refractivity contribution is 14.0. The van der Waals surface area contributed by atoms with Crippen LogP contribution in [0.3, 0.4) is 0 Å². The van der Waals surface area contributed by atoms with Crippen LogP contribution in [0.15, 0.2) is 40.7 Å². The molecule has 1 aromatic carbocycles. The Labute approximate surface area is 183 Å². The van der Waals surface area contributed by atoms with Crippen molar-refractivity contribution in [2.45, 2.75) is 32.4 Å². The minimum absolute atomic E-state index is 0. The Kier molecular flexibility index (Phi) is 8.69. The number of hydrogen-bond acceptors (Lipinski definition) is 4. The van der Waals surface area contributed by atoms with Gasteiger partial charge in [0.1, 0.15) is 5.75 Å². The molecule has 0 atom stereocenters. The highest BCUT2D eigenvalue weighted by atomic mass is 127. The third kappa shape index (κ3) is 6.00. The topological polar surface area (TPSA) is 48.9 Å². The lowest BCUT2D eigenvalue weighted by Gasteiger charge is -2.33. The first-order valence-corrected chi connectivity index (χ1v) is 9.96. The number of aryl methyl sites for hydroxylation is 1. The zero-order valence-electron chi connectivity index (χ0n) is 16.2. The van der Waals surface area contributed by atoms with Crippen LogP contribution in [0, 0.1) is 6.92 Å². The van der Waals surface area contributed by atoms with Crippen LogP contribution in [0.5, 0.6) is 5.75 Å². The Morgan fingerprint density at radius 2 is 2.07 bits per heavy atom. The van der Waals surface area contributed by atoms with E-state index in [0.717, 1.165) is 49.7 Å². The molecule has 27 heavy (non-hydrogen) atoms. The SMILES string of the molecule is CN=C(NCc1ccc(OC)c(C)c1)NC1CCN(c2cccs2)CC1.I. The molecule has 1 aliphatic rings. The number of ether oxygens (including phenoxy) is 1. The summed E-state index contributed by atoms with van der Waals surface area (Å²) in [6.45, 7) is 5.00. The van der Waals surface area contributed by atoms with Gasteiger partial charge in [-0.1, -0.05) is 12.1 Å². The van der Waals surface area contributed by atoms with Crippen LogP contribution in [-0.2, 0) is 6.54 Å². The number of guanidine groups is 1. The van der Waals surface area contributed by atoms with E-state index in [2.05, 4.69) is 57.1 Å². The molecule has 1 fully saturated rings. The summed E-state index contributed by atoms with van der Waals surface area (Å²) < 4.78 is 5.32. The molecule has 1 aliphatic heterocycles. The number of benzene rings is 1. The number of halogens is 1. The number of rotatable bonds is 5. The fourth-order valence-corrected chi connectivity index (χ4v) is 4.10. The maximum Gasteiger partial charge on any atom is 0.191 e. The largest absolute Gasteiger partial charge is 0.496 e. The van der Waals surface area contributed by atoms with E-state index in [1.807, 2.05) is 24.5 Å². The molecule has 7 heteroatoms. The van der Waals surface area contributed by atoms with Crippen LogP contribution in [0.2, 0.25) is 0 Å². The van der Waals surface area contributed by atoms with Crippen LogP contribution in [0.25, 0.3) is 0 Å². The molecule has 2 N–H and O–H groups in total. The van der Waals surface area contributed by atoms with Crippen molar-refractivity contribution in [1.29, 1.82) is 0 Å². The van der Waals surface area contributed by atoms with Crippen molar-refractivity contribution in [2.24, 2.45) is 4.99 Å². The van der Waals surface area contributed by atoms with E-state index in [1.54, 1.807) is 7.11 Å². The Balaban J connectivity index is 0.00000261. The maximum atomic E-state index is 5.32. The summed E-state index contributed by atoms with van der Waals surface area (Å²) in [5, 5.41) is 10.5. The molecule has 2 heterocycles. The van der Waals surface area contributed by atoms with E-state index in [1.165, 1.54) is 10.6 Å². The molecule has 2 aromatic rings. The highest BCUT2D eigenvalue weighted by Crippen LogP contribution is 2.24. The molecule has 148 valence electrons. The van der Waals surface area contributed by atoms with Gasteiger partial charge in [-0.05, 0) is 54.5 Å². The normalized spacial score (nSPS) is 15.2. The highest BCUT2D eigenvalue weighted by Gasteiger charge is 2.20. The van der Waals surface area contributed by atoms with Crippen molar-refractivity contribution in [1.82, 2.24) is 10.6 Å². The second-order valence-corrected chi connectivity index (χ2v) is 7.51. The summed E-state index contributed by atoms with van der Waals surface area (Å²) in [6.07, 6.45) is 2.25. The number of anilines is 1.